The topological polar surface area (TPSA) is 54.4 Å². The number of aliphatic hydroxyl groups excluding tert-OH is 1. The minimum Gasteiger partial charge on any atom is -0.387 e. The van der Waals surface area contributed by atoms with Crippen molar-refractivity contribution in [1.29, 1.82) is 0 Å². The summed E-state index contributed by atoms with van der Waals surface area (Å²) < 4.78 is 22.5. The molecule has 0 fully saturated rings. The lowest BCUT2D eigenvalue weighted by Crippen LogP contribution is -2.11. The van der Waals surface area contributed by atoms with E-state index in [0.717, 1.165) is 6.26 Å². The molecule has 0 bridgehead atoms. The monoisotopic (exact) mass is 318 g/mol. The fourth-order valence-corrected chi connectivity index (χ4v) is 3.49. The highest BCUT2D eigenvalue weighted by atomic mass is 79.9. The molecule has 1 N–H and O–H groups in total. The molecule has 0 aliphatic carbocycles. The summed E-state index contributed by atoms with van der Waals surface area (Å²) in [4.78, 5) is 0.548. The predicted molar refractivity (Wildman–Crippen MR) is 61.7 cm³/mol. The second-order valence-corrected chi connectivity index (χ2v) is 7.87. The van der Waals surface area contributed by atoms with Crippen LogP contribution in [0.3, 0.4) is 0 Å². The van der Waals surface area contributed by atoms with E-state index in [1.165, 1.54) is 11.3 Å². The van der Waals surface area contributed by atoms with E-state index in [9.17, 15) is 13.5 Å². The summed E-state index contributed by atoms with van der Waals surface area (Å²) in [6.07, 6.45) is 0.0827. The first-order valence-corrected chi connectivity index (χ1v) is 7.65. The van der Waals surface area contributed by atoms with E-state index in [0.29, 0.717) is 13.7 Å². The second-order valence-electron chi connectivity index (χ2n) is 2.88. The van der Waals surface area contributed by atoms with Crippen LogP contribution in [0.25, 0.3) is 0 Å². The molecule has 7 heteroatoms. The van der Waals surface area contributed by atoms with Crippen molar-refractivity contribution in [2.75, 3.05) is 12.0 Å². The maximum absolute atomic E-state index is 10.9. The molecule has 0 aliphatic rings. The van der Waals surface area contributed by atoms with Crippen LogP contribution in [0.5, 0.6) is 0 Å². The van der Waals surface area contributed by atoms with Crippen LogP contribution in [0.4, 0.5) is 0 Å². The predicted octanol–water partition coefficient (Wildman–Crippen LogP) is 2.24. The van der Waals surface area contributed by atoms with E-state index in [1.54, 1.807) is 6.07 Å². The number of sulfone groups is 1. The minimum atomic E-state index is -3.18. The van der Waals surface area contributed by atoms with E-state index in [2.05, 4.69) is 15.9 Å². The molecule has 0 aliphatic heterocycles. The summed E-state index contributed by atoms with van der Waals surface area (Å²) in [6, 6.07) is 1.56. The van der Waals surface area contributed by atoms with Crippen LogP contribution in [0.15, 0.2) is 9.85 Å². The van der Waals surface area contributed by atoms with Gasteiger partial charge in [-0.25, -0.2) is 8.42 Å². The lowest BCUT2D eigenvalue weighted by molar-refractivity contribution is 0.205. The molecule has 1 aromatic rings. The van der Waals surface area contributed by atoms with E-state index in [-0.39, 0.29) is 5.75 Å². The number of hydrogen-bond donors (Lipinski definition) is 1. The number of halogens is 2. The third kappa shape index (κ3) is 3.51. The van der Waals surface area contributed by atoms with Gasteiger partial charge in [0.2, 0.25) is 0 Å². The normalized spacial score (nSPS) is 14.3. The van der Waals surface area contributed by atoms with Crippen molar-refractivity contribution in [3.63, 3.8) is 0 Å². The smallest absolute Gasteiger partial charge is 0.150 e. The summed E-state index contributed by atoms with van der Waals surface area (Å²) in [6.45, 7) is 0. The summed E-state index contributed by atoms with van der Waals surface area (Å²) in [5.41, 5.74) is 0. The van der Waals surface area contributed by atoms with Gasteiger partial charge in [-0.3, -0.25) is 0 Å². The molecule has 1 rings (SSSR count). The molecule has 0 amide bonds. The van der Waals surface area contributed by atoms with Crippen molar-refractivity contribution in [1.82, 2.24) is 0 Å². The lowest BCUT2D eigenvalue weighted by Gasteiger charge is -2.05. The van der Waals surface area contributed by atoms with Gasteiger partial charge in [0, 0.05) is 11.1 Å². The molecule has 1 unspecified atom stereocenters. The molecule has 14 heavy (non-hydrogen) atoms. The highest BCUT2D eigenvalue weighted by Crippen LogP contribution is 2.35. The van der Waals surface area contributed by atoms with Crippen LogP contribution in [0, 0.1) is 0 Å². The Morgan fingerprint density at radius 1 is 1.71 bits per heavy atom. The largest absolute Gasteiger partial charge is 0.387 e. The van der Waals surface area contributed by atoms with Crippen LogP contribution in [0.2, 0.25) is 5.02 Å². The SMILES string of the molecule is CS(=O)(=O)CC(O)c1cc(Cl)c(Br)s1. The Bertz CT molecular complexity index is 407. The van der Waals surface area contributed by atoms with Crippen LogP contribution in [-0.4, -0.2) is 25.5 Å². The number of rotatable bonds is 3. The van der Waals surface area contributed by atoms with Gasteiger partial charge in [-0.05, 0) is 22.0 Å². The van der Waals surface area contributed by atoms with Crippen LogP contribution in [-0.2, 0) is 9.84 Å². The van der Waals surface area contributed by atoms with Gasteiger partial charge in [0.15, 0.2) is 0 Å². The molecular weight excluding hydrogens is 312 g/mol. The van der Waals surface area contributed by atoms with Crippen molar-refractivity contribution in [2.24, 2.45) is 0 Å². The summed E-state index contributed by atoms with van der Waals surface area (Å²) in [5.74, 6) is -0.281. The zero-order chi connectivity index (χ0) is 10.9. The third-order valence-electron chi connectivity index (χ3n) is 1.45. The molecule has 0 spiro atoms. The first-order chi connectivity index (χ1) is 6.29. The summed E-state index contributed by atoms with van der Waals surface area (Å²) in [7, 11) is -3.18. The van der Waals surface area contributed by atoms with Crippen molar-refractivity contribution in [3.8, 4) is 0 Å². The van der Waals surface area contributed by atoms with Gasteiger partial charge in [0.25, 0.3) is 0 Å². The van der Waals surface area contributed by atoms with Crippen LogP contribution in [0.1, 0.15) is 11.0 Å². The quantitative estimate of drug-likeness (QED) is 0.929. The van der Waals surface area contributed by atoms with E-state index in [4.69, 9.17) is 11.6 Å². The zero-order valence-electron chi connectivity index (χ0n) is 7.20. The van der Waals surface area contributed by atoms with Gasteiger partial charge in [-0.15, -0.1) is 11.3 Å². The van der Waals surface area contributed by atoms with Gasteiger partial charge in [0.1, 0.15) is 15.9 Å². The Morgan fingerprint density at radius 3 is 2.64 bits per heavy atom. The average Bonchev–Trinajstić information content (AvgIpc) is 2.28. The Kier molecular flexibility index (Phi) is 3.99. The highest BCUT2D eigenvalue weighted by molar-refractivity contribution is 9.11. The third-order valence-corrected chi connectivity index (χ3v) is 4.95. The Morgan fingerprint density at radius 2 is 2.29 bits per heavy atom. The lowest BCUT2D eigenvalue weighted by atomic mass is 10.3. The molecule has 1 aromatic heterocycles. The number of thiophene rings is 1. The molecule has 0 radical (unpaired) electrons. The standard InChI is InChI=1S/C7H8BrClO3S2/c1-14(11,12)3-5(10)6-2-4(9)7(8)13-6/h2,5,10H,3H2,1H3. The fourth-order valence-electron chi connectivity index (χ4n) is 0.896. The Balaban J connectivity index is 2.85. The fraction of sp³-hybridized carbons (Fsp3) is 0.429. The van der Waals surface area contributed by atoms with Gasteiger partial charge in [-0.2, -0.15) is 0 Å². The van der Waals surface area contributed by atoms with Gasteiger partial charge in [-0.1, -0.05) is 11.6 Å². The highest BCUT2D eigenvalue weighted by Gasteiger charge is 2.17. The van der Waals surface area contributed by atoms with E-state index in [1.807, 2.05) is 0 Å². The van der Waals surface area contributed by atoms with Crippen LogP contribution < -0.4 is 0 Å². The Labute approximate surface area is 99.8 Å². The molecular formula is C7H8BrClO3S2. The molecule has 0 saturated carbocycles. The number of aliphatic hydroxyl groups is 1. The van der Waals surface area contributed by atoms with E-state index >= 15 is 0 Å². The molecule has 0 saturated heterocycles. The second kappa shape index (κ2) is 4.49. The van der Waals surface area contributed by atoms with Gasteiger partial charge >= 0.3 is 0 Å². The summed E-state index contributed by atoms with van der Waals surface area (Å²) in [5, 5.41) is 10.0. The zero-order valence-corrected chi connectivity index (χ0v) is 11.2. The summed E-state index contributed by atoms with van der Waals surface area (Å²) >= 11 is 10.2. The van der Waals surface area contributed by atoms with Gasteiger partial charge in [0.05, 0.1) is 14.6 Å². The average molecular weight is 320 g/mol. The Hall–Kier alpha value is 0.380. The van der Waals surface area contributed by atoms with Crippen LogP contribution >= 0.6 is 38.9 Å². The number of hydrogen-bond acceptors (Lipinski definition) is 4. The first kappa shape index (κ1) is 12.4. The maximum Gasteiger partial charge on any atom is 0.150 e. The van der Waals surface area contributed by atoms with Crippen molar-refractivity contribution < 1.29 is 13.5 Å². The van der Waals surface area contributed by atoms with Gasteiger partial charge < -0.3 is 5.11 Å². The molecule has 3 nitrogen and oxygen atoms in total. The maximum atomic E-state index is 10.9. The molecule has 0 aromatic carbocycles. The first-order valence-electron chi connectivity index (χ1n) is 3.60. The minimum absolute atomic E-state index is 0.281. The van der Waals surface area contributed by atoms with Crippen molar-refractivity contribution in [3.05, 3.63) is 19.8 Å². The molecule has 1 heterocycles. The molecule has 80 valence electrons. The van der Waals surface area contributed by atoms with Crippen molar-refractivity contribution in [2.45, 2.75) is 6.10 Å². The van der Waals surface area contributed by atoms with E-state index < -0.39 is 15.9 Å². The molecule has 1 atom stereocenters. The van der Waals surface area contributed by atoms with Crippen molar-refractivity contribution >= 4 is 48.7 Å².